The maximum absolute atomic E-state index is 11.8. The third-order valence-electron chi connectivity index (χ3n) is 2.96. The van der Waals surface area contributed by atoms with E-state index in [2.05, 4.69) is 20.5 Å². The number of rotatable bonds is 5. The topological polar surface area (TPSA) is 70.7 Å². The Morgan fingerprint density at radius 3 is 2.89 bits per heavy atom. The van der Waals surface area contributed by atoms with Crippen LogP contribution in [0.4, 0.5) is 0 Å². The molecule has 0 unspecified atom stereocenters. The molecule has 0 atom stereocenters. The van der Waals surface area contributed by atoms with Crippen LogP contribution in [0.2, 0.25) is 0 Å². The fraction of sp³-hybridized carbons (Fsp3) is 0.357. The van der Waals surface area contributed by atoms with Crippen molar-refractivity contribution < 1.29 is 4.79 Å². The first-order chi connectivity index (χ1) is 9.16. The van der Waals surface area contributed by atoms with Gasteiger partial charge in [0, 0.05) is 17.9 Å². The van der Waals surface area contributed by atoms with Gasteiger partial charge in [0.25, 0.3) is 5.91 Å². The lowest BCUT2D eigenvalue weighted by Gasteiger charge is -2.05. The first-order valence-corrected chi connectivity index (χ1v) is 6.37. The van der Waals surface area contributed by atoms with Crippen LogP contribution in [0.1, 0.15) is 33.9 Å². The quantitative estimate of drug-likeness (QED) is 0.803. The normalized spacial score (nSPS) is 10.4. The van der Waals surface area contributed by atoms with Gasteiger partial charge in [-0.1, -0.05) is 6.07 Å². The molecule has 2 aromatic heterocycles. The Morgan fingerprint density at radius 2 is 2.21 bits per heavy atom. The monoisotopic (exact) mass is 258 g/mol. The molecule has 2 heterocycles. The van der Waals surface area contributed by atoms with Crippen molar-refractivity contribution in [2.75, 3.05) is 6.54 Å². The van der Waals surface area contributed by atoms with Crippen LogP contribution in [0.5, 0.6) is 0 Å². The molecule has 0 saturated heterocycles. The van der Waals surface area contributed by atoms with Gasteiger partial charge in [0.2, 0.25) is 0 Å². The zero-order valence-electron chi connectivity index (χ0n) is 11.2. The number of amides is 1. The molecule has 100 valence electrons. The molecule has 0 aliphatic rings. The van der Waals surface area contributed by atoms with Gasteiger partial charge in [0.15, 0.2) is 0 Å². The van der Waals surface area contributed by atoms with Crippen molar-refractivity contribution in [1.29, 1.82) is 0 Å². The molecule has 0 aliphatic heterocycles. The fourth-order valence-electron chi connectivity index (χ4n) is 1.87. The molecule has 0 saturated carbocycles. The van der Waals surface area contributed by atoms with Crippen molar-refractivity contribution in [3.63, 3.8) is 0 Å². The molecule has 0 radical (unpaired) electrons. The Bertz CT molecular complexity index is 562. The highest BCUT2D eigenvalue weighted by atomic mass is 16.1. The van der Waals surface area contributed by atoms with Gasteiger partial charge < -0.3 is 5.32 Å². The summed E-state index contributed by atoms with van der Waals surface area (Å²) in [6.45, 7) is 4.51. The summed E-state index contributed by atoms with van der Waals surface area (Å²) in [6, 6.07) is 5.44. The Labute approximate surface area is 112 Å². The Hall–Kier alpha value is -2.17. The minimum Gasteiger partial charge on any atom is -0.351 e. The molecule has 2 rings (SSSR count). The second-order valence-electron chi connectivity index (χ2n) is 4.54. The van der Waals surface area contributed by atoms with Crippen LogP contribution in [0.25, 0.3) is 0 Å². The summed E-state index contributed by atoms with van der Waals surface area (Å²) in [7, 11) is 0. The third kappa shape index (κ3) is 3.64. The van der Waals surface area contributed by atoms with Crippen LogP contribution in [-0.4, -0.2) is 27.6 Å². The summed E-state index contributed by atoms with van der Waals surface area (Å²) in [5, 5.41) is 9.75. The zero-order valence-corrected chi connectivity index (χ0v) is 11.2. The molecular formula is C14H18N4O. The highest BCUT2D eigenvalue weighted by Crippen LogP contribution is 2.05. The van der Waals surface area contributed by atoms with E-state index in [1.165, 1.54) is 5.56 Å². The smallest absolute Gasteiger partial charge is 0.269 e. The highest BCUT2D eigenvalue weighted by Gasteiger charge is 2.06. The first-order valence-electron chi connectivity index (χ1n) is 6.37. The SMILES string of the molecule is Cc1cccc(C(=O)NCCCc2cn[nH]c2C)n1. The van der Waals surface area contributed by atoms with Gasteiger partial charge in [0.1, 0.15) is 5.69 Å². The van der Waals surface area contributed by atoms with Crippen LogP contribution in [0.3, 0.4) is 0 Å². The molecule has 0 bridgehead atoms. The summed E-state index contributed by atoms with van der Waals surface area (Å²) in [6.07, 6.45) is 3.63. The molecule has 19 heavy (non-hydrogen) atoms. The number of aromatic nitrogens is 3. The number of nitrogens with zero attached hydrogens (tertiary/aromatic N) is 2. The summed E-state index contributed by atoms with van der Waals surface area (Å²) in [4.78, 5) is 16.0. The van der Waals surface area contributed by atoms with Crippen molar-refractivity contribution in [2.24, 2.45) is 0 Å². The minimum atomic E-state index is -0.118. The maximum Gasteiger partial charge on any atom is 0.269 e. The number of carbonyl (C=O) groups is 1. The summed E-state index contributed by atoms with van der Waals surface area (Å²) >= 11 is 0. The van der Waals surface area contributed by atoms with E-state index >= 15 is 0 Å². The molecule has 0 fully saturated rings. The summed E-state index contributed by atoms with van der Waals surface area (Å²) < 4.78 is 0. The molecular weight excluding hydrogens is 240 g/mol. The molecule has 5 nitrogen and oxygen atoms in total. The number of aryl methyl sites for hydroxylation is 3. The van der Waals surface area contributed by atoms with Crippen molar-refractivity contribution in [1.82, 2.24) is 20.5 Å². The van der Waals surface area contributed by atoms with Gasteiger partial charge in [0.05, 0.1) is 6.20 Å². The average molecular weight is 258 g/mol. The maximum atomic E-state index is 11.8. The lowest BCUT2D eigenvalue weighted by atomic mass is 10.1. The van der Waals surface area contributed by atoms with Crippen LogP contribution in [0, 0.1) is 13.8 Å². The molecule has 0 aromatic carbocycles. The van der Waals surface area contributed by atoms with E-state index in [1.807, 2.05) is 32.2 Å². The van der Waals surface area contributed by atoms with Crippen LogP contribution >= 0.6 is 0 Å². The molecule has 1 amide bonds. The van der Waals surface area contributed by atoms with Crippen molar-refractivity contribution >= 4 is 5.91 Å². The van der Waals surface area contributed by atoms with Gasteiger partial charge in [-0.2, -0.15) is 5.10 Å². The lowest BCUT2D eigenvalue weighted by Crippen LogP contribution is -2.25. The number of nitrogens with one attached hydrogen (secondary N) is 2. The second kappa shape index (κ2) is 6.13. The largest absolute Gasteiger partial charge is 0.351 e. The number of carbonyl (C=O) groups excluding carboxylic acids is 1. The molecule has 5 heteroatoms. The van der Waals surface area contributed by atoms with Crippen molar-refractivity contribution in [3.8, 4) is 0 Å². The second-order valence-corrected chi connectivity index (χ2v) is 4.54. The van der Waals surface area contributed by atoms with Gasteiger partial charge in [-0.05, 0) is 44.4 Å². The van der Waals surface area contributed by atoms with E-state index in [0.29, 0.717) is 12.2 Å². The van der Waals surface area contributed by atoms with Crippen molar-refractivity contribution in [3.05, 3.63) is 47.0 Å². The number of pyridine rings is 1. The molecule has 0 aliphatic carbocycles. The Balaban J connectivity index is 1.77. The Kier molecular flexibility index (Phi) is 4.28. The van der Waals surface area contributed by atoms with Crippen LogP contribution < -0.4 is 5.32 Å². The molecule has 2 aromatic rings. The van der Waals surface area contributed by atoms with Crippen LogP contribution in [-0.2, 0) is 6.42 Å². The fourth-order valence-corrected chi connectivity index (χ4v) is 1.87. The zero-order chi connectivity index (χ0) is 13.7. The number of hydrogen-bond acceptors (Lipinski definition) is 3. The summed E-state index contributed by atoms with van der Waals surface area (Å²) in [5.41, 5.74) is 3.61. The minimum absolute atomic E-state index is 0.118. The van der Waals surface area contributed by atoms with E-state index in [1.54, 1.807) is 6.07 Å². The third-order valence-corrected chi connectivity index (χ3v) is 2.96. The highest BCUT2D eigenvalue weighted by molar-refractivity contribution is 5.92. The van der Waals surface area contributed by atoms with Crippen LogP contribution in [0.15, 0.2) is 24.4 Å². The molecule has 2 N–H and O–H groups in total. The standard InChI is InChI=1S/C14H18N4O/c1-10-5-3-7-13(17-10)14(19)15-8-4-6-12-9-16-18-11(12)2/h3,5,7,9H,4,6,8H2,1-2H3,(H,15,19)(H,16,18). The van der Waals surface area contributed by atoms with Gasteiger partial charge in [-0.15, -0.1) is 0 Å². The lowest BCUT2D eigenvalue weighted by molar-refractivity contribution is 0.0948. The molecule has 0 spiro atoms. The van der Waals surface area contributed by atoms with E-state index < -0.39 is 0 Å². The first kappa shape index (κ1) is 13.3. The van der Waals surface area contributed by atoms with Gasteiger partial charge in [-0.3, -0.25) is 9.89 Å². The number of hydrogen-bond donors (Lipinski definition) is 2. The van der Waals surface area contributed by atoms with E-state index in [0.717, 1.165) is 24.2 Å². The van der Waals surface area contributed by atoms with Gasteiger partial charge in [-0.25, -0.2) is 4.98 Å². The summed E-state index contributed by atoms with van der Waals surface area (Å²) in [5.74, 6) is -0.118. The number of H-pyrrole nitrogens is 1. The van der Waals surface area contributed by atoms with E-state index in [-0.39, 0.29) is 5.91 Å². The predicted molar refractivity (Wildman–Crippen MR) is 73.0 cm³/mol. The van der Waals surface area contributed by atoms with E-state index in [9.17, 15) is 4.79 Å². The van der Waals surface area contributed by atoms with E-state index in [4.69, 9.17) is 0 Å². The average Bonchev–Trinajstić information content (AvgIpc) is 2.80. The predicted octanol–water partition coefficient (Wildman–Crippen LogP) is 1.78. The Morgan fingerprint density at radius 1 is 1.37 bits per heavy atom. The van der Waals surface area contributed by atoms with Gasteiger partial charge >= 0.3 is 0 Å². The number of aromatic amines is 1. The van der Waals surface area contributed by atoms with Crippen molar-refractivity contribution in [2.45, 2.75) is 26.7 Å².